The van der Waals surface area contributed by atoms with Gasteiger partial charge in [-0.25, -0.2) is 0 Å². The summed E-state index contributed by atoms with van der Waals surface area (Å²) in [6, 6.07) is 0. The molecule has 6 heteroatoms. The van der Waals surface area contributed by atoms with Gasteiger partial charge in [0.15, 0.2) is 6.10 Å². The number of hydrogen-bond acceptors (Lipinski definition) is 6. The highest BCUT2D eigenvalue weighted by Gasteiger charge is 2.19. The monoisotopic (exact) mass is 1090 g/mol. The highest BCUT2D eigenvalue weighted by Crippen LogP contribution is 2.16. The first-order chi connectivity index (χ1) is 39.0. The molecule has 0 aromatic heterocycles. The summed E-state index contributed by atoms with van der Waals surface area (Å²) in [7, 11) is 0. The molecule has 0 aliphatic rings. The molecular formula is C73H122O6. The molecule has 0 aliphatic heterocycles. The largest absolute Gasteiger partial charge is 0.462 e. The van der Waals surface area contributed by atoms with Crippen LogP contribution in [-0.2, 0) is 28.6 Å². The molecular weight excluding hydrogens is 973 g/mol. The molecule has 0 spiro atoms. The molecule has 1 atom stereocenters. The SMILES string of the molecule is CC/C=C\C/C=C\C/C=C\C/C=C\C/C=C\C/C=C\CCCCCCCCCCCCC(=O)OCC(COC(=O)CCCCCCCCCCC)OC(=O)CCCCCCCCCCCC/C=C\C/C=C\C/C=C\C/C=C\CC. The Morgan fingerprint density at radius 3 is 0.772 bits per heavy atom. The quantitative estimate of drug-likeness (QED) is 0.0261. The average molecular weight is 1100 g/mol. The Morgan fingerprint density at radius 2 is 0.494 bits per heavy atom. The van der Waals surface area contributed by atoms with Crippen molar-refractivity contribution in [1.29, 1.82) is 0 Å². The minimum Gasteiger partial charge on any atom is -0.462 e. The van der Waals surface area contributed by atoms with E-state index in [1.54, 1.807) is 0 Å². The maximum Gasteiger partial charge on any atom is 0.306 e. The first kappa shape index (κ1) is 74.8. The maximum atomic E-state index is 12.9. The molecule has 79 heavy (non-hydrogen) atoms. The third kappa shape index (κ3) is 64.5. The van der Waals surface area contributed by atoms with Crippen LogP contribution in [0, 0.1) is 0 Å². The summed E-state index contributed by atoms with van der Waals surface area (Å²) in [5, 5.41) is 0. The molecule has 0 N–H and O–H groups in total. The number of unbranched alkanes of at least 4 members (excludes halogenated alkanes) is 28. The lowest BCUT2D eigenvalue weighted by molar-refractivity contribution is -0.167. The second-order valence-electron chi connectivity index (χ2n) is 21.6. The van der Waals surface area contributed by atoms with Gasteiger partial charge in [0.2, 0.25) is 0 Å². The Morgan fingerprint density at radius 1 is 0.266 bits per heavy atom. The van der Waals surface area contributed by atoms with Gasteiger partial charge >= 0.3 is 17.9 Å². The van der Waals surface area contributed by atoms with Crippen molar-refractivity contribution in [3.05, 3.63) is 122 Å². The van der Waals surface area contributed by atoms with E-state index in [9.17, 15) is 14.4 Å². The van der Waals surface area contributed by atoms with E-state index in [2.05, 4.69) is 142 Å². The number of allylic oxidation sites excluding steroid dienone is 20. The molecule has 0 aliphatic carbocycles. The summed E-state index contributed by atoms with van der Waals surface area (Å²) in [6.07, 6.45) is 92.2. The van der Waals surface area contributed by atoms with E-state index < -0.39 is 6.10 Å². The Kier molecular flexibility index (Phi) is 62.8. The molecule has 0 fully saturated rings. The highest BCUT2D eigenvalue weighted by molar-refractivity contribution is 5.71. The maximum absolute atomic E-state index is 12.9. The van der Waals surface area contributed by atoms with E-state index in [0.717, 1.165) is 122 Å². The molecule has 0 aromatic carbocycles. The van der Waals surface area contributed by atoms with Crippen molar-refractivity contribution in [2.24, 2.45) is 0 Å². The van der Waals surface area contributed by atoms with Crippen LogP contribution < -0.4 is 0 Å². The summed E-state index contributed by atoms with van der Waals surface area (Å²) < 4.78 is 16.9. The van der Waals surface area contributed by atoms with Crippen LogP contribution in [0.25, 0.3) is 0 Å². The van der Waals surface area contributed by atoms with Crippen molar-refractivity contribution in [2.75, 3.05) is 13.2 Å². The number of carbonyl (C=O) groups is 3. The van der Waals surface area contributed by atoms with Gasteiger partial charge in [-0.1, -0.05) is 296 Å². The van der Waals surface area contributed by atoms with E-state index >= 15 is 0 Å². The second-order valence-corrected chi connectivity index (χ2v) is 21.6. The third-order valence-corrected chi connectivity index (χ3v) is 14.0. The van der Waals surface area contributed by atoms with Crippen molar-refractivity contribution in [2.45, 2.75) is 309 Å². The average Bonchev–Trinajstić information content (AvgIpc) is 3.45. The fraction of sp³-hybridized carbons (Fsp3) is 0.685. The van der Waals surface area contributed by atoms with Gasteiger partial charge in [0.25, 0.3) is 0 Å². The van der Waals surface area contributed by atoms with Crippen LogP contribution in [0.15, 0.2) is 122 Å². The first-order valence-electron chi connectivity index (χ1n) is 33.0. The summed E-state index contributed by atoms with van der Waals surface area (Å²) in [5.41, 5.74) is 0. The third-order valence-electron chi connectivity index (χ3n) is 14.0. The molecule has 450 valence electrons. The summed E-state index contributed by atoms with van der Waals surface area (Å²) >= 11 is 0. The van der Waals surface area contributed by atoms with Gasteiger partial charge in [0.05, 0.1) is 0 Å². The van der Waals surface area contributed by atoms with Gasteiger partial charge < -0.3 is 14.2 Å². The zero-order chi connectivity index (χ0) is 57.1. The van der Waals surface area contributed by atoms with Gasteiger partial charge in [-0.15, -0.1) is 0 Å². The predicted molar refractivity (Wildman–Crippen MR) is 343 cm³/mol. The van der Waals surface area contributed by atoms with E-state index in [-0.39, 0.29) is 31.1 Å². The van der Waals surface area contributed by atoms with E-state index in [4.69, 9.17) is 14.2 Å². The lowest BCUT2D eigenvalue weighted by Gasteiger charge is -2.18. The van der Waals surface area contributed by atoms with Crippen LogP contribution in [-0.4, -0.2) is 37.2 Å². The van der Waals surface area contributed by atoms with Crippen LogP contribution in [0.2, 0.25) is 0 Å². The van der Waals surface area contributed by atoms with Crippen molar-refractivity contribution < 1.29 is 28.6 Å². The predicted octanol–water partition coefficient (Wildman–Crippen LogP) is 22.8. The lowest BCUT2D eigenvalue weighted by Crippen LogP contribution is -2.30. The van der Waals surface area contributed by atoms with Crippen LogP contribution in [0.4, 0.5) is 0 Å². The molecule has 0 amide bonds. The number of esters is 3. The van der Waals surface area contributed by atoms with Gasteiger partial charge in [-0.3, -0.25) is 14.4 Å². The summed E-state index contributed by atoms with van der Waals surface area (Å²) in [6.45, 7) is 6.41. The molecule has 0 radical (unpaired) electrons. The Labute approximate surface area is 488 Å². The van der Waals surface area contributed by atoms with E-state index in [1.807, 2.05) is 0 Å². The van der Waals surface area contributed by atoms with Gasteiger partial charge in [-0.2, -0.15) is 0 Å². The van der Waals surface area contributed by atoms with Gasteiger partial charge in [0, 0.05) is 19.3 Å². The number of hydrogen-bond donors (Lipinski definition) is 0. The second kappa shape index (κ2) is 66.3. The van der Waals surface area contributed by atoms with Crippen LogP contribution in [0.3, 0.4) is 0 Å². The Hall–Kier alpha value is -4.19. The van der Waals surface area contributed by atoms with E-state index in [1.165, 1.54) is 141 Å². The van der Waals surface area contributed by atoms with Crippen molar-refractivity contribution >= 4 is 17.9 Å². The minimum atomic E-state index is -0.783. The minimum absolute atomic E-state index is 0.0802. The smallest absolute Gasteiger partial charge is 0.306 e. The molecule has 0 heterocycles. The zero-order valence-corrected chi connectivity index (χ0v) is 51.6. The lowest BCUT2D eigenvalue weighted by atomic mass is 10.0. The normalized spacial score (nSPS) is 12.9. The molecule has 0 rings (SSSR count). The first-order valence-corrected chi connectivity index (χ1v) is 33.0. The number of carbonyl (C=O) groups excluding carboxylic acids is 3. The van der Waals surface area contributed by atoms with Crippen molar-refractivity contribution in [3.8, 4) is 0 Å². The van der Waals surface area contributed by atoms with Crippen LogP contribution in [0.1, 0.15) is 303 Å². The summed E-state index contributed by atoms with van der Waals surface area (Å²) in [4.78, 5) is 38.2. The van der Waals surface area contributed by atoms with E-state index in [0.29, 0.717) is 19.3 Å². The Balaban J connectivity index is 4.22. The molecule has 0 bridgehead atoms. The summed E-state index contributed by atoms with van der Waals surface area (Å²) in [5.74, 6) is -0.885. The van der Waals surface area contributed by atoms with Gasteiger partial charge in [-0.05, 0) is 109 Å². The fourth-order valence-corrected chi connectivity index (χ4v) is 9.09. The van der Waals surface area contributed by atoms with Crippen LogP contribution in [0.5, 0.6) is 0 Å². The van der Waals surface area contributed by atoms with Gasteiger partial charge in [0.1, 0.15) is 13.2 Å². The zero-order valence-electron chi connectivity index (χ0n) is 51.6. The number of rotatable bonds is 59. The molecule has 0 saturated carbocycles. The van der Waals surface area contributed by atoms with Crippen molar-refractivity contribution in [1.82, 2.24) is 0 Å². The molecule has 1 unspecified atom stereocenters. The Bertz CT molecular complexity index is 1640. The number of ether oxygens (including phenoxy) is 3. The topological polar surface area (TPSA) is 78.9 Å². The van der Waals surface area contributed by atoms with Crippen molar-refractivity contribution in [3.63, 3.8) is 0 Å². The molecule has 6 nitrogen and oxygen atoms in total. The molecule has 0 aromatic rings. The molecule has 0 saturated heterocycles. The highest BCUT2D eigenvalue weighted by atomic mass is 16.6. The van der Waals surface area contributed by atoms with Crippen LogP contribution >= 0.6 is 0 Å². The standard InChI is InChI=1S/C73H122O6/c1-4-7-10-13-16-19-21-23-25-27-29-31-33-34-35-36-37-38-40-41-43-45-47-49-51-54-57-60-63-66-72(75)78-69-70(68-77-71(74)65-62-59-56-53-18-15-12-9-6-3)79-73(76)67-64-61-58-55-52-50-48-46-44-42-39-32-30-28-26-24-22-20-17-14-11-8-5-2/h7-8,10-11,16-17,19-20,23-26,29-32,34-35,37-38,70H,4-6,9,12-15,18,21-22,27-28,33,36,39-69H2,1-3H3/b10-7-,11-8-,19-16-,20-17-,25-23-,26-24-,31-29-,32-30-,35-34-,38-37-. The fourth-order valence-electron chi connectivity index (χ4n) is 9.09.